The van der Waals surface area contributed by atoms with Gasteiger partial charge in [0, 0.05) is 37.8 Å². The van der Waals surface area contributed by atoms with Crippen LogP contribution in [0.5, 0.6) is 0 Å². The number of aromatic amines is 1. The molecular formula is C23H26N6O3. The van der Waals surface area contributed by atoms with E-state index in [1.54, 1.807) is 36.0 Å². The third-order valence-electron chi connectivity index (χ3n) is 5.81. The highest BCUT2D eigenvalue weighted by atomic mass is 16.2. The second kappa shape index (κ2) is 9.17. The predicted molar refractivity (Wildman–Crippen MR) is 120 cm³/mol. The number of rotatable bonds is 5. The predicted octanol–water partition coefficient (Wildman–Crippen LogP) is 1.96. The number of nitrogens with zero attached hydrogens (tertiary/aromatic N) is 5. The highest BCUT2D eigenvalue weighted by Crippen LogP contribution is 2.29. The number of hydrogen-bond acceptors (Lipinski definition) is 5. The number of aromatic nitrogens is 4. The van der Waals surface area contributed by atoms with E-state index < -0.39 is 0 Å². The van der Waals surface area contributed by atoms with Crippen molar-refractivity contribution in [1.29, 1.82) is 0 Å². The Morgan fingerprint density at radius 1 is 1.19 bits per heavy atom. The number of likely N-dealkylation sites (tertiary alicyclic amines) is 1. The van der Waals surface area contributed by atoms with Crippen molar-refractivity contribution in [1.82, 2.24) is 24.9 Å². The zero-order chi connectivity index (χ0) is 22.7. The molecule has 1 aliphatic rings. The molecule has 0 aliphatic carbocycles. The normalized spacial score (nSPS) is 16.1. The Morgan fingerprint density at radius 2 is 1.97 bits per heavy atom. The number of aryl methyl sites for hydroxylation is 1. The van der Waals surface area contributed by atoms with Crippen LogP contribution in [-0.4, -0.2) is 56.8 Å². The molecule has 1 fully saturated rings. The number of para-hydroxylation sites is 1. The van der Waals surface area contributed by atoms with Gasteiger partial charge in [-0.05, 0) is 38.0 Å². The number of benzene rings is 1. The summed E-state index contributed by atoms with van der Waals surface area (Å²) in [7, 11) is 1.73. The Balaban J connectivity index is 1.49. The van der Waals surface area contributed by atoms with Gasteiger partial charge in [-0.3, -0.25) is 19.5 Å². The van der Waals surface area contributed by atoms with Crippen LogP contribution in [0.2, 0.25) is 0 Å². The molecule has 0 spiro atoms. The van der Waals surface area contributed by atoms with Gasteiger partial charge < -0.3 is 9.80 Å². The fourth-order valence-corrected chi connectivity index (χ4v) is 4.06. The van der Waals surface area contributed by atoms with Gasteiger partial charge in [-0.1, -0.05) is 18.2 Å². The zero-order valence-electron chi connectivity index (χ0n) is 18.2. The highest BCUT2D eigenvalue weighted by Gasteiger charge is 2.30. The van der Waals surface area contributed by atoms with Gasteiger partial charge in [-0.2, -0.15) is 10.2 Å². The largest absolute Gasteiger partial charge is 0.340 e. The standard InChI is InChI=1S/C23H26N6O3/c1-16-10-11-20(30)29(26-16)15-21(31)28-12-6-7-17(14-28)22-19(13-24-25-22)23(32)27(2)18-8-4-3-5-9-18/h3-5,8-11,13,17H,6-7,12,14-15H2,1-2H3,(H,24,25)/t17-/m0/s1. The molecule has 2 amide bonds. The average Bonchev–Trinajstić information content (AvgIpc) is 3.31. The minimum Gasteiger partial charge on any atom is -0.340 e. The molecule has 32 heavy (non-hydrogen) atoms. The molecule has 3 aromatic rings. The molecule has 9 heteroatoms. The molecule has 1 atom stereocenters. The SMILES string of the molecule is Cc1ccc(=O)n(CC(=O)N2CCC[C@H](c3[nH]ncc3C(=O)N(C)c3ccccc3)C2)n1. The molecule has 3 heterocycles. The van der Waals surface area contributed by atoms with Crippen molar-refractivity contribution in [3.8, 4) is 0 Å². The molecule has 4 rings (SSSR count). The molecule has 1 aromatic carbocycles. The first-order chi connectivity index (χ1) is 15.4. The van der Waals surface area contributed by atoms with Gasteiger partial charge in [-0.25, -0.2) is 4.68 Å². The van der Waals surface area contributed by atoms with E-state index in [0.717, 1.165) is 24.2 Å². The van der Waals surface area contributed by atoms with Gasteiger partial charge in [0.1, 0.15) is 6.54 Å². The summed E-state index contributed by atoms with van der Waals surface area (Å²) in [4.78, 5) is 41.4. The summed E-state index contributed by atoms with van der Waals surface area (Å²) >= 11 is 0. The van der Waals surface area contributed by atoms with E-state index in [-0.39, 0.29) is 29.8 Å². The summed E-state index contributed by atoms with van der Waals surface area (Å²) < 4.78 is 1.20. The van der Waals surface area contributed by atoms with Crippen LogP contribution in [0.15, 0.2) is 53.5 Å². The summed E-state index contributed by atoms with van der Waals surface area (Å²) in [6.45, 7) is 2.74. The molecule has 1 N–H and O–H groups in total. The third kappa shape index (κ3) is 4.46. The van der Waals surface area contributed by atoms with Crippen molar-refractivity contribution in [2.75, 3.05) is 25.0 Å². The van der Waals surface area contributed by atoms with Crippen LogP contribution in [0.3, 0.4) is 0 Å². The van der Waals surface area contributed by atoms with E-state index >= 15 is 0 Å². The van der Waals surface area contributed by atoms with Crippen molar-refractivity contribution < 1.29 is 9.59 Å². The van der Waals surface area contributed by atoms with E-state index in [4.69, 9.17) is 0 Å². The van der Waals surface area contributed by atoms with Crippen molar-refractivity contribution in [3.63, 3.8) is 0 Å². The minimum absolute atomic E-state index is 0.0412. The van der Waals surface area contributed by atoms with Crippen LogP contribution >= 0.6 is 0 Å². The quantitative estimate of drug-likeness (QED) is 0.661. The Kier molecular flexibility index (Phi) is 6.16. The molecule has 0 saturated carbocycles. The van der Waals surface area contributed by atoms with E-state index in [0.29, 0.717) is 24.3 Å². The highest BCUT2D eigenvalue weighted by molar-refractivity contribution is 6.06. The maximum Gasteiger partial charge on any atom is 0.267 e. The Labute approximate surface area is 185 Å². The molecule has 166 valence electrons. The minimum atomic E-state index is -0.303. The van der Waals surface area contributed by atoms with Gasteiger partial charge in [0.25, 0.3) is 11.5 Å². The van der Waals surface area contributed by atoms with Crippen LogP contribution in [0.1, 0.15) is 40.5 Å². The first kappa shape index (κ1) is 21.5. The second-order valence-corrected chi connectivity index (χ2v) is 8.05. The first-order valence-electron chi connectivity index (χ1n) is 10.6. The Hall–Kier alpha value is -3.75. The molecule has 0 bridgehead atoms. The third-order valence-corrected chi connectivity index (χ3v) is 5.81. The average molecular weight is 435 g/mol. The molecule has 0 radical (unpaired) electrons. The number of piperidine rings is 1. The number of amides is 2. The lowest BCUT2D eigenvalue weighted by Crippen LogP contribution is -2.43. The number of carbonyl (C=O) groups is 2. The lowest BCUT2D eigenvalue weighted by atomic mass is 9.92. The van der Waals surface area contributed by atoms with E-state index in [1.807, 2.05) is 30.3 Å². The smallest absolute Gasteiger partial charge is 0.267 e. The summed E-state index contributed by atoms with van der Waals surface area (Å²) in [5, 5.41) is 11.3. The molecule has 0 unspecified atom stereocenters. The summed E-state index contributed by atoms with van der Waals surface area (Å²) in [6.07, 6.45) is 3.19. The van der Waals surface area contributed by atoms with Gasteiger partial charge in [0.15, 0.2) is 0 Å². The van der Waals surface area contributed by atoms with Gasteiger partial charge in [0.05, 0.1) is 23.1 Å². The Bertz CT molecular complexity index is 1170. The van der Waals surface area contributed by atoms with Crippen LogP contribution in [-0.2, 0) is 11.3 Å². The first-order valence-corrected chi connectivity index (χ1v) is 10.6. The van der Waals surface area contributed by atoms with Crippen LogP contribution in [0.25, 0.3) is 0 Å². The number of nitrogens with one attached hydrogen (secondary N) is 1. The van der Waals surface area contributed by atoms with Crippen molar-refractivity contribution in [2.45, 2.75) is 32.2 Å². The molecule has 2 aromatic heterocycles. The van der Waals surface area contributed by atoms with E-state index in [1.165, 1.54) is 10.7 Å². The lowest BCUT2D eigenvalue weighted by Gasteiger charge is -2.33. The zero-order valence-corrected chi connectivity index (χ0v) is 18.2. The van der Waals surface area contributed by atoms with Crippen molar-refractivity contribution >= 4 is 17.5 Å². The van der Waals surface area contributed by atoms with E-state index in [9.17, 15) is 14.4 Å². The summed E-state index contributed by atoms with van der Waals surface area (Å²) in [6, 6.07) is 12.5. The monoisotopic (exact) mass is 434 g/mol. The number of H-pyrrole nitrogens is 1. The number of anilines is 1. The topological polar surface area (TPSA) is 104 Å². The van der Waals surface area contributed by atoms with Crippen LogP contribution < -0.4 is 10.5 Å². The Morgan fingerprint density at radius 3 is 2.75 bits per heavy atom. The van der Waals surface area contributed by atoms with Crippen LogP contribution in [0.4, 0.5) is 5.69 Å². The van der Waals surface area contributed by atoms with E-state index in [2.05, 4.69) is 15.3 Å². The number of hydrogen-bond donors (Lipinski definition) is 1. The maximum atomic E-state index is 13.1. The molecule has 1 aliphatic heterocycles. The van der Waals surface area contributed by atoms with Crippen molar-refractivity contribution in [3.05, 3.63) is 76.0 Å². The summed E-state index contributed by atoms with van der Waals surface area (Å²) in [5.41, 5.74) is 2.41. The molecule has 9 nitrogen and oxygen atoms in total. The fourth-order valence-electron chi connectivity index (χ4n) is 4.06. The number of carbonyl (C=O) groups excluding carboxylic acids is 2. The molecule has 1 saturated heterocycles. The van der Waals surface area contributed by atoms with Crippen molar-refractivity contribution in [2.24, 2.45) is 0 Å². The molecular weight excluding hydrogens is 408 g/mol. The van der Waals surface area contributed by atoms with Gasteiger partial charge in [-0.15, -0.1) is 0 Å². The van der Waals surface area contributed by atoms with Gasteiger partial charge in [0.2, 0.25) is 5.91 Å². The second-order valence-electron chi connectivity index (χ2n) is 8.05. The van der Waals surface area contributed by atoms with Gasteiger partial charge >= 0.3 is 0 Å². The van der Waals surface area contributed by atoms with Crippen LogP contribution in [0, 0.1) is 6.92 Å². The fraction of sp³-hybridized carbons (Fsp3) is 0.348. The summed E-state index contributed by atoms with van der Waals surface area (Å²) in [5.74, 6) is -0.358. The lowest BCUT2D eigenvalue weighted by molar-refractivity contribution is -0.133. The maximum absolute atomic E-state index is 13.1.